The number of carbonyl (C=O) groups excluding carboxylic acids is 1. The van der Waals surface area contributed by atoms with Gasteiger partial charge in [-0.3, -0.25) is 0 Å². The predicted molar refractivity (Wildman–Crippen MR) is 111 cm³/mol. The third-order valence-corrected chi connectivity index (χ3v) is 5.35. The van der Waals surface area contributed by atoms with Gasteiger partial charge in [-0.25, -0.2) is 14.8 Å². The lowest BCUT2D eigenvalue weighted by Crippen LogP contribution is -2.33. The Kier molecular flexibility index (Phi) is 4.27. The van der Waals surface area contributed by atoms with Crippen LogP contribution >= 0.6 is 0 Å². The van der Waals surface area contributed by atoms with Gasteiger partial charge in [-0.2, -0.15) is 0 Å². The summed E-state index contributed by atoms with van der Waals surface area (Å²) in [5.41, 5.74) is 4.54. The second-order valence-corrected chi connectivity index (χ2v) is 7.35. The van der Waals surface area contributed by atoms with Crippen molar-refractivity contribution in [3.05, 3.63) is 66.8 Å². The van der Waals surface area contributed by atoms with Crippen molar-refractivity contribution >= 4 is 22.9 Å². The summed E-state index contributed by atoms with van der Waals surface area (Å²) in [5.74, 6) is 0.818. The highest BCUT2D eigenvalue weighted by Crippen LogP contribution is 2.32. The summed E-state index contributed by atoms with van der Waals surface area (Å²) in [6.07, 6.45) is 5.95. The van der Waals surface area contributed by atoms with Gasteiger partial charge < -0.3 is 19.2 Å². The van der Waals surface area contributed by atoms with E-state index in [0.717, 1.165) is 40.2 Å². The Labute approximate surface area is 168 Å². The molecule has 1 aromatic carbocycles. The summed E-state index contributed by atoms with van der Waals surface area (Å²) in [6.45, 7) is 3.31. The molecule has 0 spiro atoms. The minimum Gasteiger partial charge on any atom is -0.472 e. The maximum Gasteiger partial charge on any atom is 0.321 e. The molecular weight excluding hydrogens is 366 g/mol. The van der Waals surface area contributed by atoms with Crippen LogP contribution in [0.25, 0.3) is 22.6 Å². The number of aromatic nitrogens is 3. The van der Waals surface area contributed by atoms with E-state index in [1.807, 2.05) is 54.3 Å². The van der Waals surface area contributed by atoms with Gasteiger partial charge in [-0.05, 0) is 43.7 Å². The van der Waals surface area contributed by atoms with Crippen LogP contribution in [0.15, 0.2) is 65.6 Å². The highest BCUT2D eigenvalue weighted by Gasteiger charge is 2.31. The number of hydrogen-bond donors (Lipinski definition) is 1. The molecule has 4 aromatic rings. The largest absolute Gasteiger partial charge is 0.472 e. The molecule has 1 atom stereocenters. The second kappa shape index (κ2) is 7.09. The molecule has 2 amide bonds. The number of furan rings is 1. The van der Waals surface area contributed by atoms with Crippen molar-refractivity contribution in [2.24, 2.45) is 0 Å². The van der Waals surface area contributed by atoms with Crippen LogP contribution in [0.5, 0.6) is 0 Å². The summed E-state index contributed by atoms with van der Waals surface area (Å²) in [5, 5.41) is 2.99. The zero-order chi connectivity index (χ0) is 19.8. The molecule has 0 unspecified atom stereocenters. The molecule has 1 fully saturated rings. The van der Waals surface area contributed by atoms with Crippen LogP contribution < -0.4 is 5.32 Å². The third kappa shape index (κ3) is 3.24. The number of imidazole rings is 1. The highest BCUT2D eigenvalue weighted by molar-refractivity contribution is 5.89. The fourth-order valence-corrected chi connectivity index (χ4v) is 3.85. The molecular formula is C22H21N5O2. The highest BCUT2D eigenvalue weighted by atomic mass is 16.3. The van der Waals surface area contributed by atoms with Gasteiger partial charge in [-0.1, -0.05) is 17.7 Å². The Morgan fingerprint density at radius 1 is 1.21 bits per heavy atom. The van der Waals surface area contributed by atoms with Crippen molar-refractivity contribution < 1.29 is 9.21 Å². The van der Waals surface area contributed by atoms with E-state index in [2.05, 4.69) is 14.9 Å². The van der Waals surface area contributed by atoms with E-state index >= 15 is 0 Å². The molecule has 4 heterocycles. The number of likely N-dealkylation sites (tertiary alicyclic amines) is 1. The van der Waals surface area contributed by atoms with Crippen LogP contribution in [0.1, 0.15) is 18.0 Å². The molecule has 0 aliphatic carbocycles. The number of aryl methyl sites for hydroxylation is 1. The van der Waals surface area contributed by atoms with E-state index in [-0.39, 0.29) is 12.1 Å². The number of rotatable bonds is 3. The first-order chi connectivity index (χ1) is 14.2. The lowest BCUT2D eigenvalue weighted by atomic mass is 10.2. The number of nitrogens with zero attached hydrogens (tertiary/aromatic N) is 4. The lowest BCUT2D eigenvalue weighted by molar-refractivity contribution is 0.221. The van der Waals surface area contributed by atoms with Crippen molar-refractivity contribution in [2.75, 3.05) is 18.4 Å². The van der Waals surface area contributed by atoms with Gasteiger partial charge in [-0.15, -0.1) is 0 Å². The minimum atomic E-state index is -0.0846. The summed E-state index contributed by atoms with van der Waals surface area (Å²) in [7, 11) is 0. The molecule has 1 N–H and O–H groups in total. The normalized spacial score (nSPS) is 16.4. The van der Waals surface area contributed by atoms with Gasteiger partial charge in [0.05, 0.1) is 17.9 Å². The van der Waals surface area contributed by atoms with Gasteiger partial charge in [0.2, 0.25) is 0 Å². The van der Waals surface area contributed by atoms with E-state index in [4.69, 9.17) is 9.40 Å². The number of carbonyl (C=O) groups is 1. The van der Waals surface area contributed by atoms with Crippen molar-refractivity contribution in [2.45, 2.75) is 19.4 Å². The van der Waals surface area contributed by atoms with E-state index < -0.39 is 0 Å². The smallest absolute Gasteiger partial charge is 0.321 e. The number of benzene rings is 1. The van der Waals surface area contributed by atoms with Crippen molar-refractivity contribution in [1.82, 2.24) is 19.4 Å². The van der Waals surface area contributed by atoms with Crippen molar-refractivity contribution in [1.29, 1.82) is 0 Å². The molecule has 0 bridgehead atoms. The number of anilines is 1. The first-order valence-corrected chi connectivity index (χ1v) is 9.67. The average Bonchev–Trinajstić information content (AvgIpc) is 3.48. The van der Waals surface area contributed by atoms with Gasteiger partial charge in [0, 0.05) is 25.0 Å². The Hall–Kier alpha value is -3.61. The summed E-state index contributed by atoms with van der Waals surface area (Å²) >= 11 is 0. The number of pyridine rings is 1. The number of amides is 2. The predicted octanol–water partition coefficient (Wildman–Crippen LogP) is 4.48. The summed E-state index contributed by atoms with van der Waals surface area (Å²) in [4.78, 5) is 23.9. The second-order valence-electron chi connectivity index (χ2n) is 7.35. The molecule has 1 aliphatic rings. The Bertz CT molecular complexity index is 1150. The maximum atomic E-state index is 12.8. The van der Waals surface area contributed by atoms with Gasteiger partial charge in [0.25, 0.3) is 0 Å². The quantitative estimate of drug-likeness (QED) is 0.562. The number of fused-ring (bicyclic) bond motifs is 1. The molecule has 5 rings (SSSR count). The van der Waals surface area contributed by atoms with Gasteiger partial charge in [0.15, 0.2) is 5.65 Å². The zero-order valence-corrected chi connectivity index (χ0v) is 16.1. The Balaban J connectivity index is 1.41. The van der Waals surface area contributed by atoms with Crippen LogP contribution in [-0.4, -0.2) is 38.6 Å². The van der Waals surface area contributed by atoms with Crippen LogP contribution in [0.4, 0.5) is 10.5 Å². The Morgan fingerprint density at radius 3 is 2.86 bits per heavy atom. The van der Waals surface area contributed by atoms with E-state index in [9.17, 15) is 4.79 Å². The zero-order valence-electron chi connectivity index (χ0n) is 16.1. The van der Waals surface area contributed by atoms with Crippen LogP contribution in [0.2, 0.25) is 0 Å². The van der Waals surface area contributed by atoms with Crippen LogP contribution in [0, 0.1) is 6.92 Å². The van der Waals surface area contributed by atoms with Gasteiger partial charge in [0.1, 0.15) is 17.6 Å². The molecule has 1 aliphatic heterocycles. The van der Waals surface area contributed by atoms with Crippen LogP contribution in [-0.2, 0) is 0 Å². The first-order valence-electron chi connectivity index (χ1n) is 9.67. The van der Waals surface area contributed by atoms with Crippen molar-refractivity contribution in [3.8, 4) is 11.4 Å². The Morgan fingerprint density at radius 2 is 2.07 bits per heavy atom. The third-order valence-electron chi connectivity index (χ3n) is 5.35. The maximum absolute atomic E-state index is 12.8. The summed E-state index contributed by atoms with van der Waals surface area (Å²) in [6, 6.07) is 13.6. The standard InChI is InChI=1S/C22H21N5O2/c1-15-4-6-17(7-5-15)24-22(28)26-11-8-18(13-26)27-20(16-9-12-29-14-16)25-19-3-2-10-23-21(19)27/h2-7,9-10,12,14,18H,8,11,13H2,1H3,(H,24,28)/t18-/m1/s1. The number of hydrogen-bond acceptors (Lipinski definition) is 4. The number of urea groups is 1. The molecule has 0 saturated carbocycles. The number of nitrogens with one attached hydrogen (secondary N) is 1. The fraction of sp³-hybridized carbons (Fsp3) is 0.227. The average molecular weight is 387 g/mol. The molecule has 3 aromatic heterocycles. The fourth-order valence-electron chi connectivity index (χ4n) is 3.85. The molecule has 146 valence electrons. The molecule has 7 heteroatoms. The van der Waals surface area contributed by atoms with Crippen molar-refractivity contribution in [3.63, 3.8) is 0 Å². The molecule has 0 radical (unpaired) electrons. The lowest BCUT2D eigenvalue weighted by Gasteiger charge is -2.19. The van der Waals surface area contributed by atoms with Crippen LogP contribution in [0.3, 0.4) is 0 Å². The molecule has 1 saturated heterocycles. The SMILES string of the molecule is Cc1ccc(NC(=O)N2CC[C@@H](n3c(-c4ccoc4)nc4cccnc43)C2)cc1. The van der Waals surface area contributed by atoms with E-state index in [0.29, 0.717) is 13.1 Å². The van der Waals surface area contributed by atoms with E-state index in [1.54, 1.807) is 18.7 Å². The topological polar surface area (TPSA) is 76.2 Å². The summed E-state index contributed by atoms with van der Waals surface area (Å²) < 4.78 is 7.41. The van der Waals surface area contributed by atoms with E-state index in [1.165, 1.54) is 0 Å². The minimum absolute atomic E-state index is 0.0846. The first kappa shape index (κ1) is 17.5. The molecule has 29 heavy (non-hydrogen) atoms. The van der Waals surface area contributed by atoms with Gasteiger partial charge >= 0.3 is 6.03 Å². The molecule has 7 nitrogen and oxygen atoms in total. The monoisotopic (exact) mass is 387 g/mol.